The smallest absolute Gasteiger partial charge is 0.304 e. The van der Waals surface area contributed by atoms with Gasteiger partial charge in [0.2, 0.25) is 5.91 Å². The Kier molecular flexibility index (Phi) is 5.75. The molecule has 0 saturated carbocycles. The molecule has 0 radical (unpaired) electrons. The Morgan fingerprint density at radius 2 is 1.81 bits per heavy atom. The van der Waals surface area contributed by atoms with Gasteiger partial charge in [0.15, 0.2) is 0 Å². The first-order valence-corrected chi connectivity index (χ1v) is 7.41. The Morgan fingerprint density at radius 1 is 1.14 bits per heavy atom. The highest BCUT2D eigenvalue weighted by Crippen LogP contribution is 2.10. The van der Waals surface area contributed by atoms with E-state index in [1.54, 1.807) is 0 Å². The van der Waals surface area contributed by atoms with Crippen molar-refractivity contribution in [1.82, 2.24) is 9.80 Å². The number of aliphatic carboxylic acids is 1. The van der Waals surface area contributed by atoms with Crippen LogP contribution < -0.4 is 0 Å². The van der Waals surface area contributed by atoms with Crippen molar-refractivity contribution >= 4 is 11.9 Å². The second-order valence-electron chi connectivity index (χ2n) is 5.43. The molecule has 1 aromatic rings. The summed E-state index contributed by atoms with van der Waals surface area (Å²) >= 11 is 0. The number of rotatable bonds is 7. The Morgan fingerprint density at radius 3 is 2.43 bits per heavy atom. The van der Waals surface area contributed by atoms with Crippen molar-refractivity contribution in [3.05, 3.63) is 35.9 Å². The molecule has 0 atom stereocenters. The van der Waals surface area contributed by atoms with Crippen molar-refractivity contribution in [1.29, 1.82) is 0 Å². The van der Waals surface area contributed by atoms with Gasteiger partial charge in [-0.2, -0.15) is 0 Å². The summed E-state index contributed by atoms with van der Waals surface area (Å²) < 4.78 is 0. The zero-order valence-electron chi connectivity index (χ0n) is 12.2. The van der Waals surface area contributed by atoms with Gasteiger partial charge < -0.3 is 10.0 Å². The standard InChI is InChI=1S/C16H22N2O3/c19-15(18-9-4-5-10-18)13-17(11-8-16(20)21)12-14-6-2-1-3-7-14/h1-3,6-7H,4-5,8-13H2,(H,20,21). The molecule has 5 nitrogen and oxygen atoms in total. The van der Waals surface area contributed by atoms with Gasteiger partial charge in [-0.25, -0.2) is 0 Å². The maximum atomic E-state index is 12.2. The van der Waals surface area contributed by atoms with E-state index in [0.717, 1.165) is 31.5 Å². The SMILES string of the molecule is O=C(O)CCN(CC(=O)N1CCCC1)Cc1ccccc1. The maximum absolute atomic E-state index is 12.2. The fourth-order valence-corrected chi connectivity index (χ4v) is 2.57. The predicted molar refractivity (Wildman–Crippen MR) is 79.8 cm³/mol. The van der Waals surface area contributed by atoms with Crippen molar-refractivity contribution in [2.75, 3.05) is 26.2 Å². The van der Waals surface area contributed by atoms with Crippen molar-refractivity contribution < 1.29 is 14.7 Å². The largest absolute Gasteiger partial charge is 0.481 e. The van der Waals surface area contributed by atoms with Gasteiger partial charge in [-0.15, -0.1) is 0 Å². The van der Waals surface area contributed by atoms with E-state index in [-0.39, 0.29) is 12.3 Å². The van der Waals surface area contributed by atoms with E-state index >= 15 is 0 Å². The van der Waals surface area contributed by atoms with Crippen LogP contribution in [0.25, 0.3) is 0 Å². The first kappa shape index (κ1) is 15.5. The first-order valence-electron chi connectivity index (χ1n) is 7.41. The van der Waals surface area contributed by atoms with Crippen LogP contribution in [0.15, 0.2) is 30.3 Å². The number of carboxylic acids is 1. The number of hydrogen-bond acceptors (Lipinski definition) is 3. The third-order valence-electron chi connectivity index (χ3n) is 3.71. The summed E-state index contributed by atoms with van der Waals surface area (Å²) in [4.78, 5) is 26.8. The molecule has 0 aliphatic carbocycles. The number of nitrogens with zero attached hydrogens (tertiary/aromatic N) is 2. The van der Waals surface area contributed by atoms with Crippen LogP contribution in [0.5, 0.6) is 0 Å². The highest BCUT2D eigenvalue weighted by atomic mass is 16.4. The van der Waals surface area contributed by atoms with E-state index in [1.807, 2.05) is 40.1 Å². The second kappa shape index (κ2) is 7.78. The van der Waals surface area contributed by atoms with Crippen molar-refractivity contribution in [3.8, 4) is 0 Å². The molecule has 2 rings (SSSR count). The van der Waals surface area contributed by atoms with E-state index in [2.05, 4.69) is 0 Å². The van der Waals surface area contributed by atoms with Gasteiger partial charge in [0, 0.05) is 26.2 Å². The lowest BCUT2D eigenvalue weighted by Crippen LogP contribution is -2.39. The van der Waals surface area contributed by atoms with E-state index in [1.165, 1.54) is 0 Å². The molecule has 0 bridgehead atoms. The number of benzene rings is 1. The number of amides is 1. The molecule has 0 spiro atoms. The van der Waals surface area contributed by atoms with Crippen molar-refractivity contribution in [3.63, 3.8) is 0 Å². The third-order valence-corrected chi connectivity index (χ3v) is 3.71. The minimum atomic E-state index is -0.832. The first-order chi connectivity index (χ1) is 10.1. The summed E-state index contributed by atoms with van der Waals surface area (Å²) in [6.45, 7) is 2.95. The zero-order chi connectivity index (χ0) is 15.1. The summed E-state index contributed by atoms with van der Waals surface area (Å²) in [6, 6.07) is 9.84. The Labute approximate surface area is 125 Å². The molecule has 0 aromatic heterocycles. The minimum Gasteiger partial charge on any atom is -0.481 e. The maximum Gasteiger partial charge on any atom is 0.304 e. The second-order valence-corrected chi connectivity index (χ2v) is 5.43. The van der Waals surface area contributed by atoms with Crippen LogP contribution in [0.1, 0.15) is 24.8 Å². The van der Waals surface area contributed by atoms with Crippen molar-refractivity contribution in [2.24, 2.45) is 0 Å². The quantitative estimate of drug-likeness (QED) is 0.828. The molecule has 1 aliphatic heterocycles. The van der Waals surface area contributed by atoms with Crippen LogP contribution in [0.3, 0.4) is 0 Å². The van der Waals surface area contributed by atoms with Crippen molar-refractivity contribution in [2.45, 2.75) is 25.8 Å². The monoisotopic (exact) mass is 290 g/mol. The summed E-state index contributed by atoms with van der Waals surface area (Å²) in [5.41, 5.74) is 1.09. The molecular formula is C16H22N2O3. The normalized spacial score (nSPS) is 14.6. The molecule has 0 unspecified atom stereocenters. The average Bonchev–Trinajstić information content (AvgIpc) is 3.00. The lowest BCUT2D eigenvalue weighted by molar-refractivity contribution is -0.138. The van der Waals surface area contributed by atoms with Gasteiger partial charge in [0.1, 0.15) is 0 Å². The number of likely N-dealkylation sites (tertiary alicyclic amines) is 1. The molecule has 1 aromatic carbocycles. The van der Waals surface area contributed by atoms with Crippen LogP contribution in [-0.2, 0) is 16.1 Å². The molecule has 21 heavy (non-hydrogen) atoms. The number of carbonyl (C=O) groups excluding carboxylic acids is 1. The van der Waals surface area contributed by atoms with Crippen LogP contribution >= 0.6 is 0 Å². The van der Waals surface area contributed by atoms with E-state index in [4.69, 9.17) is 5.11 Å². The Bertz CT molecular complexity index is 470. The molecule has 1 N–H and O–H groups in total. The summed E-state index contributed by atoms with van der Waals surface area (Å²) in [7, 11) is 0. The van der Waals surface area contributed by atoms with Gasteiger partial charge >= 0.3 is 5.97 Å². The number of hydrogen-bond donors (Lipinski definition) is 1. The zero-order valence-corrected chi connectivity index (χ0v) is 12.2. The molecule has 1 fully saturated rings. The van der Waals surface area contributed by atoms with Gasteiger partial charge in [-0.3, -0.25) is 14.5 Å². The van der Waals surface area contributed by atoms with E-state index < -0.39 is 5.97 Å². The number of carbonyl (C=O) groups is 2. The average molecular weight is 290 g/mol. The Balaban J connectivity index is 1.94. The summed E-state index contributed by atoms with van der Waals surface area (Å²) in [5, 5.41) is 8.85. The minimum absolute atomic E-state index is 0.0557. The molecule has 1 amide bonds. The highest BCUT2D eigenvalue weighted by Gasteiger charge is 2.20. The third kappa shape index (κ3) is 5.19. The van der Waals surface area contributed by atoms with Crippen LogP contribution in [0.4, 0.5) is 0 Å². The molecule has 5 heteroatoms. The predicted octanol–water partition coefficient (Wildman–Crippen LogP) is 1.59. The molecule has 1 saturated heterocycles. The van der Waals surface area contributed by atoms with Crippen LogP contribution in [0.2, 0.25) is 0 Å². The molecule has 114 valence electrons. The lowest BCUT2D eigenvalue weighted by Gasteiger charge is -2.24. The fraction of sp³-hybridized carbons (Fsp3) is 0.500. The van der Waals surface area contributed by atoms with Crippen LogP contribution in [-0.4, -0.2) is 53.0 Å². The number of carboxylic acid groups (broad SMARTS) is 1. The molecule has 1 aliphatic rings. The topological polar surface area (TPSA) is 60.9 Å². The van der Waals surface area contributed by atoms with Gasteiger partial charge in [0.05, 0.1) is 13.0 Å². The van der Waals surface area contributed by atoms with E-state index in [0.29, 0.717) is 19.6 Å². The van der Waals surface area contributed by atoms with Gasteiger partial charge in [-0.1, -0.05) is 30.3 Å². The van der Waals surface area contributed by atoms with Crippen LogP contribution in [0, 0.1) is 0 Å². The van der Waals surface area contributed by atoms with E-state index in [9.17, 15) is 9.59 Å². The van der Waals surface area contributed by atoms with Gasteiger partial charge in [0.25, 0.3) is 0 Å². The lowest BCUT2D eigenvalue weighted by atomic mass is 10.2. The summed E-state index contributed by atoms with van der Waals surface area (Å²) in [6.07, 6.45) is 2.19. The highest BCUT2D eigenvalue weighted by molar-refractivity contribution is 5.78. The van der Waals surface area contributed by atoms with Gasteiger partial charge in [-0.05, 0) is 18.4 Å². The Hall–Kier alpha value is -1.88. The molecule has 1 heterocycles. The summed E-state index contributed by atoms with van der Waals surface area (Å²) in [5.74, 6) is -0.726. The fourth-order valence-electron chi connectivity index (χ4n) is 2.57. The molecular weight excluding hydrogens is 268 g/mol.